The first-order valence-electron chi connectivity index (χ1n) is 8.10. The van der Waals surface area contributed by atoms with E-state index in [1.807, 2.05) is 0 Å². The first-order chi connectivity index (χ1) is 11.9. The minimum atomic E-state index is -3.85. The molecule has 0 aromatic heterocycles. The molecule has 0 aliphatic carbocycles. The Morgan fingerprint density at radius 2 is 2.00 bits per heavy atom. The molecule has 10 heteroatoms. The molecule has 2 rings (SSSR count). The van der Waals surface area contributed by atoms with Crippen LogP contribution in [0.5, 0.6) is 0 Å². The number of methoxy groups -OCH3 is 1. The molecule has 1 aliphatic rings. The number of nitrogens with zero attached hydrogens (tertiary/aromatic N) is 1. The number of carbonyl (C=O) groups excluding carboxylic acids is 1. The number of ether oxygens (including phenoxy) is 2. The van der Waals surface area contributed by atoms with E-state index in [0.29, 0.717) is 39.1 Å². The minimum absolute atomic E-state index is 0. The topological polar surface area (TPSA) is 98.9 Å². The van der Waals surface area contributed by atoms with Gasteiger partial charge in [-0.2, -0.15) is 4.31 Å². The minimum Gasteiger partial charge on any atom is -0.465 e. The van der Waals surface area contributed by atoms with Crippen LogP contribution in [0.1, 0.15) is 29.6 Å². The molecule has 0 bridgehead atoms. The summed E-state index contributed by atoms with van der Waals surface area (Å²) in [6.45, 7) is 1.79. The van der Waals surface area contributed by atoms with Gasteiger partial charge in [-0.25, -0.2) is 13.2 Å². The predicted octanol–water partition coefficient (Wildman–Crippen LogP) is 2.07. The van der Waals surface area contributed by atoms with Gasteiger partial charge in [-0.1, -0.05) is 11.6 Å². The summed E-state index contributed by atoms with van der Waals surface area (Å²) in [4.78, 5) is 11.8. The van der Waals surface area contributed by atoms with Crippen molar-refractivity contribution in [2.24, 2.45) is 5.73 Å². The van der Waals surface area contributed by atoms with Crippen molar-refractivity contribution in [1.29, 1.82) is 0 Å². The summed E-state index contributed by atoms with van der Waals surface area (Å²) in [7, 11) is -2.64. The smallest absolute Gasteiger partial charge is 0.339 e. The van der Waals surface area contributed by atoms with Crippen LogP contribution in [0.4, 0.5) is 0 Å². The molecule has 0 amide bonds. The second-order valence-corrected chi connectivity index (χ2v) is 8.09. The Kier molecular flexibility index (Phi) is 9.29. The summed E-state index contributed by atoms with van der Waals surface area (Å²) in [5.74, 6) is -0.713. The SMILES string of the molecule is COC(=O)c1ccc(Cl)cc1S(=O)(=O)N1CCC(OCCCN)CC1.Cl. The van der Waals surface area contributed by atoms with Crippen molar-refractivity contribution in [2.45, 2.75) is 30.3 Å². The molecule has 1 fully saturated rings. The highest BCUT2D eigenvalue weighted by molar-refractivity contribution is 7.89. The van der Waals surface area contributed by atoms with E-state index in [9.17, 15) is 13.2 Å². The van der Waals surface area contributed by atoms with Crippen LogP contribution in [0.2, 0.25) is 5.02 Å². The van der Waals surface area contributed by atoms with E-state index < -0.39 is 16.0 Å². The van der Waals surface area contributed by atoms with Gasteiger partial charge in [0.1, 0.15) is 0 Å². The lowest BCUT2D eigenvalue weighted by Crippen LogP contribution is -2.41. The first-order valence-corrected chi connectivity index (χ1v) is 9.91. The number of hydrogen-bond acceptors (Lipinski definition) is 6. The molecular weight excluding hydrogens is 403 g/mol. The number of rotatable bonds is 7. The fraction of sp³-hybridized carbons (Fsp3) is 0.562. The van der Waals surface area contributed by atoms with Gasteiger partial charge in [0, 0.05) is 24.7 Å². The van der Waals surface area contributed by atoms with Crippen molar-refractivity contribution >= 4 is 40.0 Å². The number of esters is 1. The molecule has 0 spiro atoms. The lowest BCUT2D eigenvalue weighted by molar-refractivity contribution is 0.0208. The maximum atomic E-state index is 12.9. The summed E-state index contributed by atoms with van der Waals surface area (Å²) in [6.07, 6.45) is 2.00. The highest BCUT2D eigenvalue weighted by Gasteiger charge is 2.33. The fourth-order valence-electron chi connectivity index (χ4n) is 2.70. The molecule has 0 radical (unpaired) electrons. The highest BCUT2D eigenvalue weighted by Crippen LogP contribution is 2.27. The highest BCUT2D eigenvalue weighted by atomic mass is 35.5. The van der Waals surface area contributed by atoms with E-state index in [0.717, 1.165) is 6.42 Å². The molecule has 26 heavy (non-hydrogen) atoms. The maximum absolute atomic E-state index is 12.9. The van der Waals surface area contributed by atoms with Crippen molar-refractivity contribution in [3.8, 4) is 0 Å². The van der Waals surface area contributed by atoms with Gasteiger partial charge in [0.05, 0.1) is 23.7 Å². The van der Waals surface area contributed by atoms with E-state index >= 15 is 0 Å². The van der Waals surface area contributed by atoms with Gasteiger partial charge in [-0.15, -0.1) is 12.4 Å². The second-order valence-electron chi connectivity index (χ2n) is 5.75. The van der Waals surface area contributed by atoms with Crippen LogP contribution in [0, 0.1) is 0 Å². The van der Waals surface area contributed by atoms with Crippen molar-refractivity contribution in [2.75, 3.05) is 33.4 Å². The molecular formula is C16H24Cl2N2O5S. The Balaban J connectivity index is 0.00000338. The number of carbonyl (C=O) groups is 1. The summed E-state index contributed by atoms with van der Waals surface area (Å²) in [5, 5.41) is 0.242. The molecule has 1 saturated heterocycles. The summed E-state index contributed by atoms with van der Waals surface area (Å²) >= 11 is 5.94. The van der Waals surface area contributed by atoms with E-state index in [4.69, 9.17) is 22.1 Å². The van der Waals surface area contributed by atoms with Gasteiger partial charge in [0.2, 0.25) is 10.0 Å². The molecule has 0 saturated carbocycles. The molecule has 1 aromatic carbocycles. The van der Waals surface area contributed by atoms with Gasteiger partial charge in [-0.05, 0) is 44.0 Å². The van der Waals surface area contributed by atoms with Gasteiger partial charge in [-0.3, -0.25) is 0 Å². The molecule has 7 nitrogen and oxygen atoms in total. The van der Waals surface area contributed by atoms with Crippen LogP contribution in [0.3, 0.4) is 0 Å². The Labute approximate surface area is 165 Å². The molecule has 1 aromatic rings. The van der Waals surface area contributed by atoms with Gasteiger partial charge >= 0.3 is 5.97 Å². The van der Waals surface area contributed by atoms with Crippen LogP contribution in [0.25, 0.3) is 0 Å². The Bertz CT molecular complexity index is 707. The quantitative estimate of drug-likeness (QED) is 0.529. The third kappa shape index (κ3) is 5.55. The van der Waals surface area contributed by atoms with Gasteiger partial charge in [0.25, 0.3) is 0 Å². The van der Waals surface area contributed by atoms with Crippen molar-refractivity contribution in [3.05, 3.63) is 28.8 Å². The zero-order valence-electron chi connectivity index (χ0n) is 14.5. The van der Waals surface area contributed by atoms with Crippen molar-refractivity contribution < 1.29 is 22.7 Å². The largest absolute Gasteiger partial charge is 0.465 e. The van der Waals surface area contributed by atoms with E-state index in [-0.39, 0.29) is 34.0 Å². The molecule has 148 valence electrons. The maximum Gasteiger partial charge on any atom is 0.339 e. The second kappa shape index (κ2) is 10.4. The summed E-state index contributed by atoms with van der Waals surface area (Å²) in [5.41, 5.74) is 5.41. The van der Waals surface area contributed by atoms with E-state index in [1.165, 1.54) is 29.6 Å². The lowest BCUT2D eigenvalue weighted by Gasteiger charge is -2.31. The van der Waals surface area contributed by atoms with Crippen molar-refractivity contribution in [1.82, 2.24) is 4.31 Å². The first kappa shape index (κ1) is 23.1. The molecule has 1 aliphatic heterocycles. The van der Waals surface area contributed by atoms with E-state index in [2.05, 4.69) is 4.74 Å². The van der Waals surface area contributed by atoms with Gasteiger partial charge in [0.15, 0.2) is 0 Å². The van der Waals surface area contributed by atoms with Crippen LogP contribution in [0.15, 0.2) is 23.1 Å². The number of halogens is 2. The molecule has 0 unspecified atom stereocenters. The Morgan fingerprint density at radius 1 is 1.35 bits per heavy atom. The van der Waals surface area contributed by atoms with Gasteiger partial charge < -0.3 is 15.2 Å². The standard InChI is InChI=1S/C16H23ClN2O5S.ClH/c1-23-16(20)14-4-3-12(17)11-15(14)25(21,22)19-8-5-13(6-9-19)24-10-2-7-18;/h3-4,11,13H,2,5-10,18H2,1H3;1H. The lowest BCUT2D eigenvalue weighted by atomic mass is 10.1. The predicted molar refractivity (Wildman–Crippen MR) is 101 cm³/mol. The third-order valence-corrected chi connectivity index (χ3v) is 6.24. The zero-order chi connectivity index (χ0) is 18.4. The van der Waals surface area contributed by atoms with Crippen LogP contribution in [-0.4, -0.2) is 58.1 Å². The average molecular weight is 427 g/mol. The van der Waals surface area contributed by atoms with Crippen LogP contribution in [-0.2, 0) is 19.5 Å². The monoisotopic (exact) mass is 426 g/mol. The number of hydrogen-bond donors (Lipinski definition) is 1. The number of piperidine rings is 1. The van der Waals surface area contributed by atoms with Crippen molar-refractivity contribution in [3.63, 3.8) is 0 Å². The normalized spacial score (nSPS) is 16.1. The Morgan fingerprint density at radius 3 is 2.58 bits per heavy atom. The van der Waals surface area contributed by atoms with Crippen LogP contribution < -0.4 is 5.73 Å². The van der Waals surface area contributed by atoms with Crippen LogP contribution >= 0.6 is 24.0 Å². The Hall–Kier alpha value is -0.900. The van der Waals surface area contributed by atoms with E-state index in [1.54, 1.807) is 0 Å². The third-order valence-electron chi connectivity index (χ3n) is 4.07. The number of sulfonamides is 1. The molecule has 2 N–H and O–H groups in total. The number of nitrogens with two attached hydrogens (primary N) is 1. The summed E-state index contributed by atoms with van der Waals surface area (Å²) < 4.78 is 37.6. The molecule has 1 heterocycles. The average Bonchev–Trinajstić information content (AvgIpc) is 2.61. The number of benzene rings is 1. The fourth-order valence-corrected chi connectivity index (χ4v) is 4.61. The summed E-state index contributed by atoms with van der Waals surface area (Å²) in [6, 6.07) is 4.11. The molecule has 0 atom stereocenters. The zero-order valence-corrected chi connectivity index (χ0v) is 16.9.